The van der Waals surface area contributed by atoms with E-state index in [4.69, 9.17) is 10.7 Å². The van der Waals surface area contributed by atoms with Gasteiger partial charge in [-0.2, -0.15) is 0 Å². The van der Waals surface area contributed by atoms with E-state index in [0.717, 1.165) is 0 Å². The summed E-state index contributed by atoms with van der Waals surface area (Å²) in [4.78, 5) is 3.75. The van der Waals surface area contributed by atoms with Gasteiger partial charge in [-0.25, -0.2) is 13.4 Å². The molecule has 0 bridgehead atoms. The molecule has 0 fully saturated rings. The van der Waals surface area contributed by atoms with Crippen molar-refractivity contribution >= 4 is 19.7 Å². The summed E-state index contributed by atoms with van der Waals surface area (Å²) < 4.78 is 22.0. The first kappa shape index (κ1) is 10.0. The van der Waals surface area contributed by atoms with Crippen LogP contribution in [0, 0.1) is 11.8 Å². The Morgan fingerprint density at radius 2 is 2.23 bits per heavy atom. The minimum atomic E-state index is -3.75. The maximum absolute atomic E-state index is 11.0. The van der Waals surface area contributed by atoms with Crippen molar-refractivity contribution in [3.05, 3.63) is 24.0 Å². The predicted molar refractivity (Wildman–Crippen MR) is 49.8 cm³/mol. The molecule has 1 heterocycles. The topological polar surface area (TPSA) is 47.0 Å². The average molecular weight is 216 g/mol. The molecule has 3 nitrogen and oxygen atoms in total. The molecule has 0 amide bonds. The Morgan fingerprint density at radius 3 is 2.77 bits per heavy atom. The Balaban J connectivity index is 3.43. The van der Waals surface area contributed by atoms with Crippen molar-refractivity contribution in [1.82, 2.24) is 4.98 Å². The van der Waals surface area contributed by atoms with Crippen molar-refractivity contribution in [2.24, 2.45) is 0 Å². The Morgan fingerprint density at radius 1 is 1.54 bits per heavy atom. The van der Waals surface area contributed by atoms with Crippen LogP contribution in [0.4, 0.5) is 0 Å². The summed E-state index contributed by atoms with van der Waals surface area (Å²) in [6.07, 6.45) is 1.46. The third-order valence-electron chi connectivity index (χ3n) is 1.28. The maximum atomic E-state index is 11.0. The van der Waals surface area contributed by atoms with Gasteiger partial charge in [-0.05, 0) is 25.0 Å². The van der Waals surface area contributed by atoms with E-state index >= 15 is 0 Å². The molecule has 0 N–H and O–H groups in total. The fraction of sp³-hybridized carbons (Fsp3) is 0.125. The summed E-state index contributed by atoms with van der Waals surface area (Å²) in [5.74, 6) is 5.12. The minimum absolute atomic E-state index is 0.0500. The number of hydrogen-bond acceptors (Lipinski definition) is 3. The van der Waals surface area contributed by atoms with Gasteiger partial charge in [0.25, 0.3) is 9.05 Å². The highest BCUT2D eigenvalue weighted by Gasteiger charge is 2.14. The first-order valence-corrected chi connectivity index (χ1v) is 5.69. The highest BCUT2D eigenvalue weighted by Crippen LogP contribution is 2.16. The third-order valence-corrected chi connectivity index (χ3v) is 2.63. The predicted octanol–water partition coefficient (Wildman–Crippen LogP) is 1.38. The lowest BCUT2D eigenvalue weighted by Crippen LogP contribution is -1.96. The van der Waals surface area contributed by atoms with E-state index in [-0.39, 0.29) is 10.6 Å². The van der Waals surface area contributed by atoms with Crippen LogP contribution in [-0.4, -0.2) is 13.4 Å². The molecule has 0 aliphatic rings. The number of halogens is 1. The third kappa shape index (κ3) is 2.44. The zero-order chi connectivity index (χ0) is 9.90. The van der Waals surface area contributed by atoms with Gasteiger partial charge in [0.15, 0.2) is 0 Å². The van der Waals surface area contributed by atoms with Crippen LogP contribution < -0.4 is 0 Å². The van der Waals surface area contributed by atoms with Gasteiger partial charge in [0.2, 0.25) is 0 Å². The van der Waals surface area contributed by atoms with Gasteiger partial charge in [-0.1, -0.05) is 5.92 Å². The number of nitrogens with zero attached hydrogens (tertiary/aromatic N) is 1. The van der Waals surface area contributed by atoms with E-state index in [1.54, 1.807) is 6.92 Å². The molecule has 0 spiro atoms. The molecular weight excluding hydrogens is 210 g/mol. The molecule has 1 rings (SSSR count). The molecule has 1 aromatic rings. The molecule has 5 heteroatoms. The molecular formula is C8H6ClNO2S. The van der Waals surface area contributed by atoms with Crippen LogP contribution in [0.5, 0.6) is 0 Å². The summed E-state index contributed by atoms with van der Waals surface area (Å²) >= 11 is 0. The lowest BCUT2D eigenvalue weighted by Gasteiger charge is -1.97. The van der Waals surface area contributed by atoms with E-state index in [0.29, 0.717) is 0 Å². The summed E-state index contributed by atoms with van der Waals surface area (Å²) in [5.41, 5.74) is 0.181. The van der Waals surface area contributed by atoms with E-state index < -0.39 is 9.05 Å². The second-order valence-electron chi connectivity index (χ2n) is 2.16. The number of pyridine rings is 1. The van der Waals surface area contributed by atoms with Crippen LogP contribution in [0.25, 0.3) is 0 Å². The van der Waals surface area contributed by atoms with Crippen molar-refractivity contribution in [3.63, 3.8) is 0 Å². The SMILES string of the molecule is CC#Cc1ncccc1S(=O)(=O)Cl. The summed E-state index contributed by atoms with van der Waals surface area (Å²) in [6.45, 7) is 1.60. The highest BCUT2D eigenvalue weighted by molar-refractivity contribution is 8.13. The number of hydrogen-bond donors (Lipinski definition) is 0. The van der Waals surface area contributed by atoms with Gasteiger partial charge in [-0.15, -0.1) is 0 Å². The van der Waals surface area contributed by atoms with Crippen LogP contribution >= 0.6 is 10.7 Å². The summed E-state index contributed by atoms with van der Waals surface area (Å²) in [5, 5.41) is 0. The van der Waals surface area contributed by atoms with Crippen molar-refractivity contribution in [2.75, 3.05) is 0 Å². The fourth-order valence-corrected chi connectivity index (χ4v) is 1.75. The largest absolute Gasteiger partial charge is 0.264 e. The first-order valence-electron chi connectivity index (χ1n) is 3.38. The normalized spacial score (nSPS) is 10.3. The first-order chi connectivity index (χ1) is 6.05. The Labute approximate surface area is 81.2 Å². The van der Waals surface area contributed by atoms with Crippen LogP contribution in [0.3, 0.4) is 0 Å². The minimum Gasteiger partial charge on any atom is -0.246 e. The molecule has 1 aromatic heterocycles. The standard InChI is InChI=1S/C8H6ClNO2S/c1-2-4-7-8(13(9,11)12)5-3-6-10-7/h3,5-6H,1H3. The van der Waals surface area contributed by atoms with Crippen molar-refractivity contribution in [2.45, 2.75) is 11.8 Å². The van der Waals surface area contributed by atoms with Crippen molar-refractivity contribution in [1.29, 1.82) is 0 Å². The molecule has 0 unspecified atom stereocenters. The van der Waals surface area contributed by atoms with E-state index in [1.165, 1.54) is 18.3 Å². The van der Waals surface area contributed by atoms with Gasteiger partial charge in [-0.3, -0.25) is 0 Å². The van der Waals surface area contributed by atoms with Gasteiger partial charge in [0.05, 0.1) is 0 Å². The molecule has 68 valence electrons. The van der Waals surface area contributed by atoms with Gasteiger partial charge in [0.1, 0.15) is 10.6 Å². The lowest BCUT2D eigenvalue weighted by molar-refractivity contribution is 0.609. The Kier molecular flexibility index (Phi) is 2.91. The highest BCUT2D eigenvalue weighted by atomic mass is 35.7. The Bertz CT molecular complexity index is 470. The fourth-order valence-electron chi connectivity index (χ4n) is 0.800. The summed E-state index contributed by atoms with van der Waals surface area (Å²) in [6, 6.07) is 2.87. The maximum Gasteiger partial charge on any atom is 0.264 e. The quantitative estimate of drug-likeness (QED) is 0.525. The molecule has 0 aliphatic heterocycles. The van der Waals surface area contributed by atoms with Gasteiger partial charge < -0.3 is 0 Å². The zero-order valence-corrected chi connectivity index (χ0v) is 8.35. The van der Waals surface area contributed by atoms with E-state index in [2.05, 4.69) is 16.8 Å². The smallest absolute Gasteiger partial charge is 0.246 e. The van der Waals surface area contributed by atoms with Crippen LogP contribution in [-0.2, 0) is 9.05 Å². The van der Waals surface area contributed by atoms with Crippen LogP contribution in [0.15, 0.2) is 23.2 Å². The molecule has 0 radical (unpaired) electrons. The second-order valence-corrected chi connectivity index (χ2v) is 4.70. The molecule has 13 heavy (non-hydrogen) atoms. The van der Waals surface area contributed by atoms with Crippen molar-refractivity contribution in [3.8, 4) is 11.8 Å². The van der Waals surface area contributed by atoms with Crippen molar-refractivity contribution < 1.29 is 8.42 Å². The lowest BCUT2D eigenvalue weighted by atomic mass is 10.3. The second kappa shape index (κ2) is 3.77. The average Bonchev–Trinajstić information content (AvgIpc) is 2.04. The molecule has 0 saturated heterocycles. The summed E-state index contributed by atoms with van der Waals surface area (Å²) in [7, 11) is 1.42. The number of rotatable bonds is 1. The molecule has 0 atom stereocenters. The van der Waals surface area contributed by atoms with E-state index in [1.807, 2.05) is 0 Å². The molecule has 0 saturated carbocycles. The van der Waals surface area contributed by atoms with E-state index in [9.17, 15) is 8.42 Å². The van der Waals surface area contributed by atoms with Crippen LogP contribution in [0.2, 0.25) is 0 Å². The van der Waals surface area contributed by atoms with Gasteiger partial charge >= 0.3 is 0 Å². The Hall–Kier alpha value is -1.05. The monoisotopic (exact) mass is 215 g/mol. The number of aromatic nitrogens is 1. The van der Waals surface area contributed by atoms with Gasteiger partial charge in [0, 0.05) is 16.9 Å². The zero-order valence-electron chi connectivity index (χ0n) is 6.78. The molecule has 0 aliphatic carbocycles. The van der Waals surface area contributed by atoms with Crippen LogP contribution in [0.1, 0.15) is 12.6 Å². The molecule has 0 aromatic carbocycles.